The first-order valence-electron chi connectivity index (χ1n) is 6.11. The minimum Gasteiger partial charge on any atom is -0.496 e. The van der Waals surface area contributed by atoms with Crippen LogP contribution in [-0.2, 0) is 6.42 Å². The Morgan fingerprint density at radius 2 is 2.21 bits per heavy atom. The molecule has 0 aliphatic heterocycles. The van der Waals surface area contributed by atoms with E-state index in [0.29, 0.717) is 29.0 Å². The molecule has 1 heterocycles. The average molecular weight is 282 g/mol. The van der Waals surface area contributed by atoms with Gasteiger partial charge in [-0.25, -0.2) is 0 Å². The number of aromatic nitrogens is 2. The molecule has 6 heteroatoms. The molecule has 0 bridgehead atoms. The van der Waals surface area contributed by atoms with Gasteiger partial charge in [-0.3, -0.25) is 0 Å². The lowest BCUT2D eigenvalue weighted by atomic mass is 10.2. The van der Waals surface area contributed by atoms with E-state index in [-0.39, 0.29) is 0 Å². The van der Waals surface area contributed by atoms with E-state index in [1.165, 1.54) is 0 Å². The standard InChI is InChI=1S/C13H16ClN3O2/c1-3-15-7-6-12-16-17-13(19-12)10-5-4-9(14)8-11(10)18-2/h4-5,8,15H,3,6-7H2,1-2H3. The van der Waals surface area contributed by atoms with Crippen LogP contribution in [0.1, 0.15) is 12.8 Å². The van der Waals surface area contributed by atoms with E-state index in [4.69, 9.17) is 20.8 Å². The lowest BCUT2D eigenvalue weighted by molar-refractivity contribution is 0.413. The van der Waals surface area contributed by atoms with Crippen molar-refractivity contribution in [1.82, 2.24) is 15.5 Å². The minimum absolute atomic E-state index is 0.444. The maximum atomic E-state index is 5.92. The number of rotatable bonds is 6. The van der Waals surface area contributed by atoms with E-state index in [0.717, 1.165) is 18.7 Å². The van der Waals surface area contributed by atoms with Gasteiger partial charge in [-0.2, -0.15) is 0 Å². The average Bonchev–Trinajstić information content (AvgIpc) is 2.87. The van der Waals surface area contributed by atoms with Gasteiger partial charge in [-0.15, -0.1) is 10.2 Å². The first-order chi connectivity index (χ1) is 9.24. The highest BCUT2D eigenvalue weighted by Crippen LogP contribution is 2.31. The first kappa shape index (κ1) is 13.8. The quantitative estimate of drug-likeness (QED) is 0.825. The van der Waals surface area contributed by atoms with E-state index in [9.17, 15) is 0 Å². The van der Waals surface area contributed by atoms with Gasteiger partial charge in [-0.1, -0.05) is 18.5 Å². The highest BCUT2D eigenvalue weighted by Gasteiger charge is 2.13. The fourth-order valence-electron chi connectivity index (χ4n) is 1.68. The van der Waals surface area contributed by atoms with Crippen LogP contribution in [0.3, 0.4) is 0 Å². The lowest BCUT2D eigenvalue weighted by Gasteiger charge is -2.04. The van der Waals surface area contributed by atoms with Gasteiger partial charge < -0.3 is 14.5 Å². The number of hydrogen-bond acceptors (Lipinski definition) is 5. The van der Waals surface area contributed by atoms with Gasteiger partial charge in [0.05, 0.1) is 12.7 Å². The Labute approximate surface area is 116 Å². The van der Waals surface area contributed by atoms with Crippen molar-refractivity contribution >= 4 is 11.6 Å². The second kappa shape index (κ2) is 6.54. The van der Waals surface area contributed by atoms with Gasteiger partial charge >= 0.3 is 0 Å². The summed E-state index contributed by atoms with van der Waals surface area (Å²) in [5.74, 6) is 1.67. The maximum absolute atomic E-state index is 5.92. The van der Waals surface area contributed by atoms with E-state index in [1.54, 1.807) is 19.2 Å². The number of hydrogen-bond donors (Lipinski definition) is 1. The fraction of sp³-hybridized carbons (Fsp3) is 0.385. The van der Waals surface area contributed by atoms with Crippen LogP contribution >= 0.6 is 11.6 Å². The van der Waals surface area contributed by atoms with Crippen molar-refractivity contribution in [1.29, 1.82) is 0 Å². The van der Waals surface area contributed by atoms with Gasteiger partial charge in [0.15, 0.2) is 0 Å². The van der Waals surface area contributed by atoms with Gasteiger partial charge in [0.2, 0.25) is 5.89 Å². The first-order valence-corrected chi connectivity index (χ1v) is 6.49. The second-order valence-electron chi connectivity index (χ2n) is 3.95. The monoisotopic (exact) mass is 281 g/mol. The van der Waals surface area contributed by atoms with E-state index in [1.807, 2.05) is 6.07 Å². The largest absolute Gasteiger partial charge is 0.496 e. The molecule has 0 fully saturated rings. The topological polar surface area (TPSA) is 60.2 Å². The number of methoxy groups -OCH3 is 1. The summed E-state index contributed by atoms with van der Waals surface area (Å²) in [5, 5.41) is 11.9. The van der Waals surface area contributed by atoms with Crippen molar-refractivity contribution in [3.63, 3.8) is 0 Å². The highest BCUT2D eigenvalue weighted by molar-refractivity contribution is 6.30. The molecule has 2 aromatic rings. The van der Waals surface area contributed by atoms with Crippen LogP contribution in [0.25, 0.3) is 11.5 Å². The summed E-state index contributed by atoms with van der Waals surface area (Å²) in [6, 6.07) is 5.30. The Balaban J connectivity index is 2.18. The van der Waals surface area contributed by atoms with Crippen molar-refractivity contribution in [2.75, 3.05) is 20.2 Å². The Morgan fingerprint density at radius 1 is 1.37 bits per heavy atom. The van der Waals surface area contributed by atoms with Crippen molar-refractivity contribution in [3.8, 4) is 17.2 Å². The molecule has 1 aromatic heterocycles. The van der Waals surface area contributed by atoms with Gasteiger partial charge in [-0.05, 0) is 24.7 Å². The number of nitrogens with one attached hydrogen (secondary N) is 1. The van der Waals surface area contributed by atoms with E-state index in [2.05, 4.69) is 22.4 Å². The number of ether oxygens (including phenoxy) is 1. The molecule has 0 saturated carbocycles. The summed E-state index contributed by atoms with van der Waals surface area (Å²) in [7, 11) is 1.58. The summed E-state index contributed by atoms with van der Waals surface area (Å²) < 4.78 is 10.9. The van der Waals surface area contributed by atoms with Crippen molar-refractivity contribution < 1.29 is 9.15 Å². The molecule has 5 nitrogen and oxygen atoms in total. The predicted octanol–water partition coefficient (Wildman–Crippen LogP) is 2.55. The van der Waals surface area contributed by atoms with Gasteiger partial charge in [0.1, 0.15) is 5.75 Å². The summed E-state index contributed by atoms with van der Waals surface area (Å²) in [5.41, 5.74) is 0.745. The fourth-order valence-corrected chi connectivity index (χ4v) is 1.84. The number of halogens is 1. The SMILES string of the molecule is CCNCCc1nnc(-c2ccc(Cl)cc2OC)o1. The molecule has 1 N–H and O–H groups in total. The summed E-state index contributed by atoms with van der Waals surface area (Å²) in [6.07, 6.45) is 0.705. The summed E-state index contributed by atoms with van der Waals surface area (Å²) in [4.78, 5) is 0. The van der Waals surface area contributed by atoms with Gasteiger partial charge in [0, 0.05) is 18.0 Å². The van der Waals surface area contributed by atoms with Crippen LogP contribution in [0.4, 0.5) is 0 Å². The molecule has 0 unspecified atom stereocenters. The third-order valence-corrected chi connectivity index (χ3v) is 2.86. The molecular weight excluding hydrogens is 266 g/mol. The van der Waals surface area contributed by atoms with Crippen LogP contribution in [0.5, 0.6) is 5.75 Å². The maximum Gasteiger partial charge on any atom is 0.251 e. The lowest BCUT2D eigenvalue weighted by Crippen LogP contribution is -2.16. The third-order valence-electron chi connectivity index (χ3n) is 2.63. The predicted molar refractivity (Wildman–Crippen MR) is 73.5 cm³/mol. The minimum atomic E-state index is 0.444. The Bertz CT molecular complexity index is 542. The molecule has 0 aliphatic rings. The Hall–Kier alpha value is -1.59. The van der Waals surface area contributed by atoms with E-state index < -0.39 is 0 Å². The van der Waals surface area contributed by atoms with Crippen LogP contribution in [0.15, 0.2) is 22.6 Å². The molecule has 0 saturated heterocycles. The number of benzene rings is 1. The molecule has 0 spiro atoms. The zero-order chi connectivity index (χ0) is 13.7. The molecule has 1 aromatic carbocycles. The van der Waals surface area contributed by atoms with Crippen LogP contribution in [-0.4, -0.2) is 30.4 Å². The molecule has 0 amide bonds. The van der Waals surface area contributed by atoms with Crippen LogP contribution in [0, 0.1) is 0 Å². The van der Waals surface area contributed by atoms with Crippen molar-refractivity contribution in [2.24, 2.45) is 0 Å². The second-order valence-corrected chi connectivity index (χ2v) is 4.39. The Kier molecular flexibility index (Phi) is 4.76. The summed E-state index contributed by atoms with van der Waals surface area (Å²) >= 11 is 5.92. The number of likely N-dealkylation sites (N-methyl/N-ethyl adjacent to an activating group) is 1. The molecule has 0 radical (unpaired) electrons. The number of nitrogens with zero attached hydrogens (tertiary/aromatic N) is 2. The van der Waals surface area contributed by atoms with Gasteiger partial charge in [0.25, 0.3) is 5.89 Å². The van der Waals surface area contributed by atoms with Crippen molar-refractivity contribution in [2.45, 2.75) is 13.3 Å². The van der Waals surface area contributed by atoms with Crippen LogP contribution in [0.2, 0.25) is 5.02 Å². The third kappa shape index (κ3) is 3.45. The normalized spacial score (nSPS) is 10.7. The molecule has 0 atom stereocenters. The molecule has 2 rings (SSSR count). The molecule has 0 aliphatic carbocycles. The highest BCUT2D eigenvalue weighted by atomic mass is 35.5. The van der Waals surface area contributed by atoms with E-state index >= 15 is 0 Å². The molecule has 102 valence electrons. The molecule has 19 heavy (non-hydrogen) atoms. The smallest absolute Gasteiger partial charge is 0.251 e. The van der Waals surface area contributed by atoms with Crippen LogP contribution < -0.4 is 10.1 Å². The zero-order valence-electron chi connectivity index (χ0n) is 10.9. The zero-order valence-corrected chi connectivity index (χ0v) is 11.7. The summed E-state index contributed by atoms with van der Waals surface area (Å²) in [6.45, 7) is 3.79. The Morgan fingerprint density at radius 3 is 2.95 bits per heavy atom. The molecular formula is C13H16ClN3O2. The van der Waals surface area contributed by atoms with Crippen molar-refractivity contribution in [3.05, 3.63) is 29.1 Å².